The number of amides is 1. The summed E-state index contributed by atoms with van der Waals surface area (Å²) in [4.78, 5) is 17.3. The van der Waals surface area contributed by atoms with E-state index in [1.807, 2.05) is 38.1 Å². The first kappa shape index (κ1) is 14.7. The Morgan fingerprint density at radius 2 is 2.05 bits per heavy atom. The van der Waals surface area contributed by atoms with Gasteiger partial charge in [0.25, 0.3) is 5.91 Å². The van der Waals surface area contributed by atoms with Crippen molar-refractivity contribution in [2.24, 2.45) is 0 Å². The van der Waals surface area contributed by atoms with Gasteiger partial charge in [0, 0.05) is 12.2 Å². The highest BCUT2D eigenvalue weighted by atomic mass is 32.1. The third-order valence-corrected chi connectivity index (χ3v) is 4.01. The smallest absolute Gasteiger partial charge is 0.267 e. The van der Waals surface area contributed by atoms with E-state index >= 15 is 0 Å². The Balaban J connectivity index is 2.17. The van der Waals surface area contributed by atoms with Gasteiger partial charge in [0.15, 0.2) is 0 Å². The SMILES string of the molecule is CCNCc1ccccc1NC(=O)c1sc(C)nc1C. The van der Waals surface area contributed by atoms with Gasteiger partial charge in [0.05, 0.1) is 10.7 Å². The molecule has 1 heterocycles. The summed E-state index contributed by atoms with van der Waals surface area (Å²) in [6.07, 6.45) is 0. The van der Waals surface area contributed by atoms with Gasteiger partial charge in [-0.1, -0.05) is 25.1 Å². The maximum Gasteiger partial charge on any atom is 0.267 e. The lowest BCUT2D eigenvalue weighted by Crippen LogP contribution is -2.17. The Kier molecular flexibility index (Phi) is 4.87. The molecule has 0 unspecified atom stereocenters. The highest BCUT2D eigenvalue weighted by Gasteiger charge is 2.14. The van der Waals surface area contributed by atoms with Crippen molar-refractivity contribution in [1.82, 2.24) is 10.3 Å². The lowest BCUT2D eigenvalue weighted by atomic mass is 10.1. The van der Waals surface area contributed by atoms with Gasteiger partial charge in [-0.15, -0.1) is 11.3 Å². The molecule has 0 atom stereocenters. The van der Waals surface area contributed by atoms with E-state index in [0.29, 0.717) is 4.88 Å². The van der Waals surface area contributed by atoms with Gasteiger partial charge in [-0.3, -0.25) is 4.79 Å². The van der Waals surface area contributed by atoms with Crippen LogP contribution in [0, 0.1) is 13.8 Å². The monoisotopic (exact) mass is 289 g/mol. The van der Waals surface area contributed by atoms with Crippen LogP contribution < -0.4 is 10.6 Å². The number of nitrogens with zero attached hydrogens (tertiary/aromatic N) is 1. The van der Waals surface area contributed by atoms with Gasteiger partial charge >= 0.3 is 0 Å². The topological polar surface area (TPSA) is 54.0 Å². The summed E-state index contributed by atoms with van der Waals surface area (Å²) < 4.78 is 0. The van der Waals surface area contributed by atoms with Crippen molar-refractivity contribution in [3.05, 3.63) is 45.4 Å². The van der Waals surface area contributed by atoms with Crippen molar-refractivity contribution >= 4 is 22.9 Å². The van der Waals surface area contributed by atoms with E-state index in [-0.39, 0.29) is 5.91 Å². The van der Waals surface area contributed by atoms with Crippen LogP contribution in [0.4, 0.5) is 5.69 Å². The van der Waals surface area contributed by atoms with Crippen molar-refractivity contribution in [2.45, 2.75) is 27.3 Å². The maximum atomic E-state index is 12.3. The number of para-hydroxylation sites is 1. The molecule has 0 aliphatic heterocycles. The van der Waals surface area contributed by atoms with Crippen LogP contribution in [0.1, 0.15) is 32.9 Å². The summed E-state index contributed by atoms with van der Waals surface area (Å²) in [6, 6.07) is 7.84. The summed E-state index contributed by atoms with van der Waals surface area (Å²) in [5.41, 5.74) is 2.72. The second-order valence-corrected chi connectivity index (χ2v) is 5.74. The molecular weight excluding hydrogens is 270 g/mol. The molecule has 2 N–H and O–H groups in total. The number of hydrogen-bond acceptors (Lipinski definition) is 4. The molecule has 1 aromatic carbocycles. The van der Waals surface area contributed by atoms with Crippen LogP contribution >= 0.6 is 11.3 Å². The zero-order valence-corrected chi connectivity index (χ0v) is 12.8. The molecule has 4 nitrogen and oxygen atoms in total. The van der Waals surface area contributed by atoms with Crippen molar-refractivity contribution in [2.75, 3.05) is 11.9 Å². The van der Waals surface area contributed by atoms with Crippen molar-refractivity contribution < 1.29 is 4.79 Å². The van der Waals surface area contributed by atoms with E-state index in [2.05, 4.69) is 22.5 Å². The number of nitrogens with one attached hydrogen (secondary N) is 2. The fraction of sp³-hybridized carbons (Fsp3) is 0.333. The zero-order valence-electron chi connectivity index (χ0n) is 12.0. The van der Waals surface area contributed by atoms with E-state index in [1.54, 1.807) is 0 Å². The Bertz CT molecular complexity index is 607. The summed E-state index contributed by atoms with van der Waals surface area (Å²) in [5.74, 6) is -0.0861. The average Bonchev–Trinajstić information content (AvgIpc) is 2.77. The summed E-state index contributed by atoms with van der Waals surface area (Å²) in [5, 5.41) is 7.16. The van der Waals surface area contributed by atoms with Crippen molar-refractivity contribution in [3.8, 4) is 0 Å². The van der Waals surface area contributed by atoms with Crippen molar-refractivity contribution in [1.29, 1.82) is 0 Å². The highest BCUT2D eigenvalue weighted by molar-refractivity contribution is 7.13. The first-order valence-electron chi connectivity index (χ1n) is 6.65. The summed E-state index contributed by atoms with van der Waals surface area (Å²) >= 11 is 1.43. The minimum absolute atomic E-state index is 0.0861. The van der Waals surface area contributed by atoms with Crippen LogP contribution in [0.3, 0.4) is 0 Å². The maximum absolute atomic E-state index is 12.3. The van der Waals surface area contributed by atoms with Gasteiger partial charge in [-0.2, -0.15) is 0 Å². The third-order valence-electron chi connectivity index (χ3n) is 2.94. The predicted molar refractivity (Wildman–Crippen MR) is 83.4 cm³/mol. The number of thiazole rings is 1. The molecule has 0 fully saturated rings. The van der Waals surface area contributed by atoms with E-state index in [0.717, 1.165) is 35.0 Å². The normalized spacial score (nSPS) is 10.6. The molecule has 2 rings (SSSR count). The Labute approximate surface area is 123 Å². The number of rotatable bonds is 5. The average molecular weight is 289 g/mol. The number of carbonyl (C=O) groups is 1. The first-order valence-corrected chi connectivity index (χ1v) is 7.47. The molecule has 0 saturated carbocycles. The number of benzene rings is 1. The van der Waals surface area contributed by atoms with Crippen LogP contribution in [-0.4, -0.2) is 17.4 Å². The molecule has 0 aliphatic carbocycles. The number of anilines is 1. The molecule has 5 heteroatoms. The molecule has 1 aromatic heterocycles. The number of hydrogen-bond donors (Lipinski definition) is 2. The molecule has 0 bridgehead atoms. The minimum atomic E-state index is -0.0861. The van der Waals surface area contributed by atoms with Gasteiger partial charge in [0.2, 0.25) is 0 Å². The molecule has 0 aliphatic rings. The second kappa shape index (κ2) is 6.63. The van der Waals surface area contributed by atoms with Gasteiger partial charge in [-0.05, 0) is 32.0 Å². The van der Waals surface area contributed by atoms with Gasteiger partial charge in [-0.25, -0.2) is 4.98 Å². The predicted octanol–water partition coefficient (Wildman–Crippen LogP) is 3.12. The lowest BCUT2D eigenvalue weighted by molar-refractivity contribution is 0.102. The van der Waals surface area contributed by atoms with E-state index in [9.17, 15) is 4.79 Å². The Hall–Kier alpha value is -1.72. The third kappa shape index (κ3) is 3.43. The fourth-order valence-electron chi connectivity index (χ4n) is 1.98. The minimum Gasteiger partial charge on any atom is -0.321 e. The van der Waals surface area contributed by atoms with E-state index in [1.165, 1.54) is 11.3 Å². The molecule has 0 spiro atoms. The summed E-state index contributed by atoms with van der Waals surface area (Å²) in [6.45, 7) is 7.48. The Morgan fingerprint density at radius 1 is 1.30 bits per heavy atom. The summed E-state index contributed by atoms with van der Waals surface area (Å²) in [7, 11) is 0. The van der Waals surface area contributed by atoms with Crippen LogP contribution in [0.2, 0.25) is 0 Å². The molecule has 1 amide bonds. The van der Waals surface area contributed by atoms with Crippen molar-refractivity contribution in [3.63, 3.8) is 0 Å². The Morgan fingerprint density at radius 3 is 2.70 bits per heavy atom. The number of aromatic nitrogens is 1. The number of aryl methyl sites for hydroxylation is 2. The standard InChI is InChI=1S/C15H19N3OS/c1-4-16-9-12-7-5-6-8-13(12)18-15(19)14-10(2)17-11(3)20-14/h5-8,16H,4,9H2,1-3H3,(H,18,19). The van der Waals surface area contributed by atoms with E-state index in [4.69, 9.17) is 0 Å². The second-order valence-electron chi connectivity index (χ2n) is 4.54. The quantitative estimate of drug-likeness (QED) is 0.889. The van der Waals surface area contributed by atoms with Crippen LogP contribution in [0.25, 0.3) is 0 Å². The van der Waals surface area contributed by atoms with Crippen LogP contribution in [0.15, 0.2) is 24.3 Å². The first-order chi connectivity index (χ1) is 9.61. The fourth-order valence-corrected chi connectivity index (χ4v) is 2.79. The molecule has 0 saturated heterocycles. The van der Waals surface area contributed by atoms with E-state index < -0.39 is 0 Å². The van der Waals surface area contributed by atoms with Gasteiger partial charge in [0.1, 0.15) is 4.88 Å². The lowest BCUT2D eigenvalue weighted by Gasteiger charge is -2.10. The van der Waals surface area contributed by atoms with Gasteiger partial charge < -0.3 is 10.6 Å². The highest BCUT2D eigenvalue weighted by Crippen LogP contribution is 2.21. The molecule has 106 valence electrons. The molecule has 2 aromatic rings. The number of carbonyl (C=O) groups excluding carboxylic acids is 1. The van der Waals surface area contributed by atoms with Crippen LogP contribution in [0.5, 0.6) is 0 Å². The largest absolute Gasteiger partial charge is 0.321 e. The van der Waals surface area contributed by atoms with Crippen LogP contribution in [-0.2, 0) is 6.54 Å². The zero-order chi connectivity index (χ0) is 14.5. The molecule has 0 radical (unpaired) electrons. The molecular formula is C15H19N3OS. The molecule has 20 heavy (non-hydrogen) atoms.